The molecule has 146 valence electrons. The SMILES string of the molecule is Fc1ccc(-c2ccc3cccc(NCc4cccnc4)c3n2)cc1C(F)(F)F. The van der Waals surface area contributed by atoms with E-state index in [2.05, 4.69) is 15.3 Å². The van der Waals surface area contributed by atoms with Crippen molar-refractivity contribution >= 4 is 16.6 Å². The molecule has 2 aromatic carbocycles. The Labute approximate surface area is 164 Å². The van der Waals surface area contributed by atoms with E-state index in [4.69, 9.17) is 0 Å². The standard InChI is InChI=1S/C22H15F4N3/c23-18-8-6-16(11-17(18)22(24,25)26)19-9-7-15-4-1-5-20(21(15)29-19)28-13-14-3-2-10-27-12-14/h1-12,28H,13H2. The summed E-state index contributed by atoms with van der Waals surface area (Å²) in [6.07, 6.45) is -1.34. The highest BCUT2D eigenvalue weighted by molar-refractivity contribution is 5.92. The van der Waals surface area contributed by atoms with Crippen LogP contribution in [0.4, 0.5) is 23.2 Å². The number of nitrogens with one attached hydrogen (secondary N) is 1. The summed E-state index contributed by atoms with van der Waals surface area (Å²) in [5.41, 5.74) is 1.56. The van der Waals surface area contributed by atoms with Crippen molar-refractivity contribution in [2.45, 2.75) is 12.7 Å². The van der Waals surface area contributed by atoms with Gasteiger partial charge in [0.25, 0.3) is 0 Å². The predicted octanol–water partition coefficient (Wildman–Crippen LogP) is 6.07. The number of aromatic nitrogens is 2. The van der Waals surface area contributed by atoms with Crippen molar-refractivity contribution < 1.29 is 17.6 Å². The maximum absolute atomic E-state index is 13.6. The average molecular weight is 397 g/mol. The lowest BCUT2D eigenvalue weighted by Gasteiger charge is -2.12. The van der Waals surface area contributed by atoms with Gasteiger partial charge in [-0.1, -0.05) is 24.3 Å². The van der Waals surface area contributed by atoms with Crippen LogP contribution in [0.5, 0.6) is 0 Å². The van der Waals surface area contributed by atoms with E-state index in [1.165, 1.54) is 6.07 Å². The zero-order chi connectivity index (χ0) is 20.4. The number of hydrogen-bond donors (Lipinski definition) is 1. The van der Waals surface area contributed by atoms with E-state index in [-0.39, 0.29) is 5.56 Å². The Bertz CT molecular complexity index is 1160. The summed E-state index contributed by atoms with van der Waals surface area (Å²) in [5.74, 6) is -1.30. The summed E-state index contributed by atoms with van der Waals surface area (Å²) in [5, 5.41) is 4.12. The van der Waals surface area contributed by atoms with Crippen molar-refractivity contribution in [3.63, 3.8) is 0 Å². The number of nitrogens with zero attached hydrogens (tertiary/aromatic N) is 2. The van der Waals surface area contributed by atoms with Crippen LogP contribution in [0.25, 0.3) is 22.2 Å². The minimum Gasteiger partial charge on any atom is -0.379 e. The minimum atomic E-state index is -4.77. The van der Waals surface area contributed by atoms with Crippen molar-refractivity contribution in [2.24, 2.45) is 0 Å². The van der Waals surface area contributed by atoms with Crippen LogP contribution in [0.1, 0.15) is 11.1 Å². The van der Waals surface area contributed by atoms with Crippen LogP contribution in [0.3, 0.4) is 0 Å². The van der Waals surface area contributed by atoms with E-state index >= 15 is 0 Å². The van der Waals surface area contributed by atoms with Gasteiger partial charge in [0, 0.05) is 29.9 Å². The van der Waals surface area contributed by atoms with Gasteiger partial charge in [-0.3, -0.25) is 4.98 Å². The first-order valence-electron chi connectivity index (χ1n) is 8.81. The lowest BCUT2D eigenvalue weighted by molar-refractivity contribution is -0.139. The molecular formula is C22H15F4N3. The predicted molar refractivity (Wildman–Crippen MR) is 104 cm³/mol. The first-order chi connectivity index (χ1) is 13.9. The van der Waals surface area contributed by atoms with Gasteiger partial charge in [-0.05, 0) is 42.0 Å². The number of para-hydroxylation sites is 1. The molecule has 1 N–H and O–H groups in total. The summed E-state index contributed by atoms with van der Waals surface area (Å²) in [4.78, 5) is 8.61. The molecule has 3 nitrogen and oxygen atoms in total. The van der Waals surface area contributed by atoms with Crippen LogP contribution in [0.15, 0.2) is 73.1 Å². The van der Waals surface area contributed by atoms with Gasteiger partial charge in [-0.2, -0.15) is 13.2 Å². The van der Waals surface area contributed by atoms with Crippen LogP contribution in [0.2, 0.25) is 0 Å². The van der Waals surface area contributed by atoms with E-state index in [1.807, 2.05) is 30.3 Å². The Hall–Kier alpha value is -3.48. The van der Waals surface area contributed by atoms with Crippen molar-refractivity contribution in [1.29, 1.82) is 0 Å². The summed E-state index contributed by atoms with van der Waals surface area (Å²) < 4.78 is 52.7. The lowest BCUT2D eigenvalue weighted by atomic mass is 10.1. The molecule has 0 aliphatic carbocycles. The van der Waals surface area contributed by atoms with Gasteiger partial charge < -0.3 is 5.32 Å². The molecule has 0 atom stereocenters. The Morgan fingerprint density at radius 2 is 1.79 bits per heavy atom. The largest absolute Gasteiger partial charge is 0.419 e. The van der Waals surface area contributed by atoms with Crippen molar-refractivity contribution in [2.75, 3.05) is 5.32 Å². The summed E-state index contributed by atoms with van der Waals surface area (Å²) >= 11 is 0. The molecule has 4 aromatic rings. The average Bonchev–Trinajstić information content (AvgIpc) is 2.72. The molecule has 0 spiro atoms. The van der Waals surface area contributed by atoms with Gasteiger partial charge in [0.15, 0.2) is 0 Å². The van der Waals surface area contributed by atoms with Crippen LogP contribution < -0.4 is 5.32 Å². The number of benzene rings is 2. The molecule has 0 radical (unpaired) electrons. The van der Waals surface area contributed by atoms with E-state index in [9.17, 15) is 17.6 Å². The van der Waals surface area contributed by atoms with Crippen molar-refractivity contribution in [3.8, 4) is 11.3 Å². The Balaban J connectivity index is 1.72. The van der Waals surface area contributed by atoms with E-state index < -0.39 is 17.6 Å². The summed E-state index contributed by atoms with van der Waals surface area (Å²) in [6, 6.07) is 15.7. The van der Waals surface area contributed by atoms with Crippen LogP contribution in [0, 0.1) is 5.82 Å². The second-order valence-electron chi connectivity index (χ2n) is 6.48. The topological polar surface area (TPSA) is 37.8 Å². The fourth-order valence-corrected chi connectivity index (χ4v) is 3.05. The number of pyridine rings is 2. The molecule has 0 saturated heterocycles. The molecule has 2 heterocycles. The van der Waals surface area contributed by atoms with Crippen LogP contribution >= 0.6 is 0 Å². The molecule has 0 unspecified atom stereocenters. The molecule has 0 bridgehead atoms. The zero-order valence-corrected chi connectivity index (χ0v) is 15.0. The number of alkyl halides is 3. The Morgan fingerprint density at radius 1 is 0.931 bits per heavy atom. The zero-order valence-electron chi connectivity index (χ0n) is 15.0. The van der Waals surface area contributed by atoms with Gasteiger partial charge in [-0.15, -0.1) is 0 Å². The van der Waals surface area contributed by atoms with Crippen molar-refractivity contribution in [1.82, 2.24) is 9.97 Å². The smallest absolute Gasteiger partial charge is 0.379 e. The highest BCUT2D eigenvalue weighted by Gasteiger charge is 2.34. The third-order valence-electron chi connectivity index (χ3n) is 4.49. The van der Waals surface area contributed by atoms with Crippen LogP contribution in [-0.2, 0) is 12.7 Å². The third kappa shape index (κ3) is 4.03. The normalized spacial score (nSPS) is 11.6. The molecule has 7 heteroatoms. The van der Waals surface area contributed by atoms with Gasteiger partial charge in [0.2, 0.25) is 0 Å². The molecule has 0 aliphatic rings. The number of hydrogen-bond acceptors (Lipinski definition) is 3. The highest BCUT2D eigenvalue weighted by atomic mass is 19.4. The van der Waals surface area contributed by atoms with Gasteiger partial charge in [0.1, 0.15) is 5.82 Å². The third-order valence-corrected chi connectivity index (χ3v) is 4.49. The van der Waals surface area contributed by atoms with E-state index in [1.54, 1.807) is 24.5 Å². The second-order valence-corrected chi connectivity index (χ2v) is 6.48. The first-order valence-corrected chi connectivity index (χ1v) is 8.81. The number of fused-ring (bicyclic) bond motifs is 1. The Kier molecular flexibility index (Phi) is 4.88. The van der Waals surface area contributed by atoms with Gasteiger partial charge in [-0.25, -0.2) is 9.37 Å². The minimum absolute atomic E-state index is 0.197. The fourth-order valence-electron chi connectivity index (χ4n) is 3.05. The summed E-state index contributed by atoms with van der Waals surface area (Å²) in [7, 11) is 0. The quantitative estimate of drug-likeness (QED) is 0.425. The molecule has 0 saturated carbocycles. The molecule has 0 aliphatic heterocycles. The maximum atomic E-state index is 13.6. The number of anilines is 1. The first kappa shape index (κ1) is 18.9. The fraction of sp³-hybridized carbons (Fsp3) is 0.0909. The number of rotatable bonds is 4. The molecule has 4 rings (SSSR count). The van der Waals surface area contributed by atoms with Crippen molar-refractivity contribution in [3.05, 3.63) is 90.0 Å². The second kappa shape index (κ2) is 7.50. The van der Waals surface area contributed by atoms with Gasteiger partial charge in [0.05, 0.1) is 22.5 Å². The maximum Gasteiger partial charge on any atom is 0.419 e. The molecule has 2 aromatic heterocycles. The van der Waals surface area contributed by atoms with E-state index in [0.29, 0.717) is 17.8 Å². The Morgan fingerprint density at radius 3 is 2.55 bits per heavy atom. The molecule has 0 fully saturated rings. The molecule has 29 heavy (non-hydrogen) atoms. The monoisotopic (exact) mass is 397 g/mol. The lowest BCUT2D eigenvalue weighted by Crippen LogP contribution is -2.08. The van der Waals surface area contributed by atoms with Crippen LogP contribution in [-0.4, -0.2) is 9.97 Å². The highest BCUT2D eigenvalue weighted by Crippen LogP contribution is 2.34. The molecular weight excluding hydrogens is 382 g/mol. The van der Waals surface area contributed by atoms with Gasteiger partial charge >= 0.3 is 6.18 Å². The number of halogens is 4. The van der Waals surface area contributed by atoms with E-state index in [0.717, 1.165) is 28.8 Å². The summed E-state index contributed by atoms with van der Waals surface area (Å²) in [6.45, 7) is 0.521. The molecule has 0 amide bonds.